The molecule has 0 radical (unpaired) electrons. The van der Waals surface area contributed by atoms with Crippen LogP contribution in [0.25, 0.3) is 11.3 Å². The van der Waals surface area contributed by atoms with Crippen LogP contribution >= 0.6 is 0 Å². The van der Waals surface area contributed by atoms with Gasteiger partial charge >= 0.3 is 5.97 Å². The highest BCUT2D eigenvalue weighted by atomic mass is 16.5. The van der Waals surface area contributed by atoms with Gasteiger partial charge in [0.15, 0.2) is 0 Å². The Morgan fingerprint density at radius 3 is 2.61 bits per heavy atom. The van der Waals surface area contributed by atoms with E-state index in [4.69, 9.17) is 4.74 Å². The Bertz CT molecular complexity index is 910. The van der Waals surface area contributed by atoms with Gasteiger partial charge < -0.3 is 9.64 Å². The molecule has 2 heterocycles. The van der Waals surface area contributed by atoms with Crippen molar-refractivity contribution < 1.29 is 14.3 Å². The second kappa shape index (κ2) is 9.45. The molecule has 1 amide bonds. The zero-order valence-electron chi connectivity index (χ0n) is 15.7. The van der Waals surface area contributed by atoms with E-state index in [9.17, 15) is 9.59 Å². The van der Waals surface area contributed by atoms with E-state index in [-0.39, 0.29) is 18.9 Å². The number of nitrogens with one attached hydrogen (secondary N) is 1. The number of pyridine rings is 1. The lowest BCUT2D eigenvalue weighted by Crippen LogP contribution is -2.32. The fourth-order valence-electron chi connectivity index (χ4n) is 2.88. The third kappa shape index (κ3) is 5.03. The van der Waals surface area contributed by atoms with E-state index in [0.29, 0.717) is 13.1 Å². The lowest BCUT2D eigenvalue weighted by molar-refractivity contribution is -0.149. The van der Waals surface area contributed by atoms with E-state index in [0.717, 1.165) is 22.4 Å². The first-order chi connectivity index (χ1) is 13.7. The monoisotopic (exact) mass is 378 g/mol. The Morgan fingerprint density at radius 2 is 1.89 bits per heavy atom. The highest BCUT2D eigenvalue weighted by Gasteiger charge is 2.21. The summed E-state index contributed by atoms with van der Waals surface area (Å²) in [7, 11) is 0. The van der Waals surface area contributed by atoms with Crippen molar-refractivity contribution in [2.24, 2.45) is 0 Å². The number of carbonyl (C=O) groups excluding carboxylic acids is 2. The first-order valence-corrected chi connectivity index (χ1v) is 9.07. The van der Waals surface area contributed by atoms with Gasteiger partial charge in [-0.2, -0.15) is 5.10 Å². The highest BCUT2D eigenvalue weighted by Crippen LogP contribution is 2.23. The van der Waals surface area contributed by atoms with Gasteiger partial charge in [-0.3, -0.25) is 19.7 Å². The number of rotatable bonds is 8. The molecule has 3 aromatic rings. The molecule has 0 aliphatic carbocycles. The fourth-order valence-corrected chi connectivity index (χ4v) is 2.88. The minimum atomic E-state index is -0.529. The summed E-state index contributed by atoms with van der Waals surface area (Å²) in [5.41, 5.74) is 3.58. The lowest BCUT2D eigenvalue weighted by atomic mass is 10.1. The van der Waals surface area contributed by atoms with Crippen molar-refractivity contribution in [1.29, 1.82) is 0 Å². The summed E-state index contributed by atoms with van der Waals surface area (Å²) in [5, 5.41) is 7.14. The van der Waals surface area contributed by atoms with E-state index in [1.165, 1.54) is 0 Å². The largest absolute Gasteiger partial charge is 0.466 e. The smallest absolute Gasteiger partial charge is 0.315 e. The molecule has 1 aromatic carbocycles. The number of hydrogen-bond donors (Lipinski definition) is 1. The minimum Gasteiger partial charge on any atom is -0.466 e. The molecule has 7 nitrogen and oxygen atoms in total. The molecule has 2 aromatic heterocycles. The Hall–Kier alpha value is -3.48. The van der Waals surface area contributed by atoms with Crippen LogP contribution < -0.4 is 0 Å². The van der Waals surface area contributed by atoms with Gasteiger partial charge in [-0.05, 0) is 24.1 Å². The molecular weight excluding hydrogens is 356 g/mol. The number of aromatic nitrogens is 3. The molecule has 0 saturated carbocycles. The number of ether oxygens (including phenoxy) is 1. The van der Waals surface area contributed by atoms with Gasteiger partial charge in [0.1, 0.15) is 6.42 Å². The van der Waals surface area contributed by atoms with E-state index in [1.807, 2.05) is 42.5 Å². The van der Waals surface area contributed by atoms with Crippen molar-refractivity contribution in [3.8, 4) is 11.3 Å². The highest BCUT2D eigenvalue weighted by molar-refractivity contribution is 5.94. The molecule has 0 aliphatic rings. The molecule has 0 aliphatic heterocycles. The third-order valence-corrected chi connectivity index (χ3v) is 4.19. The summed E-state index contributed by atoms with van der Waals surface area (Å²) >= 11 is 0. The number of benzene rings is 1. The number of carbonyl (C=O) groups is 2. The molecule has 0 atom stereocenters. The fraction of sp³-hybridized carbons (Fsp3) is 0.238. The van der Waals surface area contributed by atoms with Crippen LogP contribution in [0.5, 0.6) is 0 Å². The first-order valence-electron chi connectivity index (χ1n) is 9.07. The molecule has 0 unspecified atom stereocenters. The standard InChI is InChI=1S/C21H22N4O3/c1-2-28-20(27)11-19(26)25(14-16-7-6-10-22-12-16)15-18-13-23-24-21(18)17-8-4-3-5-9-17/h3-10,12-13H,2,11,14-15H2,1H3,(H,23,24). The van der Waals surface area contributed by atoms with Crippen LogP contribution in [0.15, 0.2) is 61.1 Å². The minimum absolute atomic E-state index is 0.245. The second-order valence-electron chi connectivity index (χ2n) is 6.23. The van der Waals surface area contributed by atoms with E-state index < -0.39 is 5.97 Å². The van der Waals surface area contributed by atoms with Gasteiger partial charge in [0.05, 0.1) is 18.5 Å². The number of hydrogen-bond acceptors (Lipinski definition) is 5. The second-order valence-corrected chi connectivity index (χ2v) is 6.23. The van der Waals surface area contributed by atoms with Crippen LogP contribution in [0.1, 0.15) is 24.5 Å². The first kappa shape index (κ1) is 19.3. The number of nitrogens with zero attached hydrogens (tertiary/aromatic N) is 3. The summed E-state index contributed by atoms with van der Waals surface area (Å²) in [6, 6.07) is 13.5. The van der Waals surface area contributed by atoms with E-state index in [1.54, 1.807) is 30.4 Å². The van der Waals surface area contributed by atoms with Gasteiger partial charge in [-0.25, -0.2) is 0 Å². The molecule has 28 heavy (non-hydrogen) atoms. The van der Waals surface area contributed by atoms with Crippen molar-refractivity contribution >= 4 is 11.9 Å². The maximum atomic E-state index is 12.8. The normalized spacial score (nSPS) is 10.5. The van der Waals surface area contributed by atoms with Crippen molar-refractivity contribution in [2.45, 2.75) is 26.4 Å². The van der Waals surface area contributed by atoms with Crippen molar-refractivity contribution in [1.82, 2.24) is 20.1 Å². The Morgan fingerprint density at radius 1 is 1.07 bits per heavy atom. The van der Waals surface area contributed by atoms with Crippen molar-refractivity contribution in [3.63, 3.8) is 0 Å². The van der Waals surface area contributed by atoms with Crippen LogP contribution in [0.4, 0.5) is 0 Å². The van der Waals surface area contributed by atoms with E-state index in [2.05, 4.69) is 15.2 Å². The SMILES string of the molecule is CCOC(=O)CC(=O)N(Cc1cccnc1)Cc1cn[nH]c1-c1ccccc1. The van der Waals surface area contributed by atoms with Crippen LogP contribution in [0.3, 0.4) is 0 Å². The summed E-state index contributed by atoms with van der Waals surface area (Å²) < 4.78 is 4.92. The average molecular weight is 378 g/mol. The van der Waals surface area contributed by atoms with Crippen LogP contribution in [-0.2, 0) is 27.4 Å². The maximum Gasteiger partial charge on any atom is 0.315 e. The molecular formula is C21H22N4O3. The molecule has 0 spiro atoms. The maximum absolute atomic E-state index is 12.8. The Balaban J connectivity index is 1.82. The number of H-pyrrole nitrogens is 1. The molecule has 0 fully saturated rings. The third-order valence-electron chi connectivity index (χ3n) is 4.19. The topological polar surface area (TPSA) is 88.2 Å². The van der Waals surface area contributed by atoms with Crippen LogP contribution in [0.2, 0.25) is 0 Å². The van der Waals surface area contributed by atoms with Crippen LogP contribution in [0, 0.1) is 0 Å². The summed E-state index contributed by atoms with van der Waals surface area (Å²) in [6.45, 7) is 2.61. The van der Waals surface area contributed by atoms with Gasteiger partial charge in [0, 0.05) is 31.0 Å². The van der Waals surface area contributed by atoms with Crippen molar-refractivity contribution in [2.75, 3.05) is 6.61 Å². The summed E-state index contributed by atoms with van der Waals surface area (Å²) in [4.78, 5) is 30.3. The number of aromatic amines is 1. The average Bonchev–Trinajstić information content (AvgIpc) is 3.17. The Kier molecular flexibility index (Phi) is 6.51. The van der Waals surface area contributed by atoms with Gasteiger partial charge in [0.2, 0.25) is 5.91 Å². The number of amides is 1. The van der Waals surface area contributed by atoms with Crippen molar-refractivity contribution in [3.05, 3.63) is 72.2 Å². The predicted octanol–water partition coefficient (Wildman–Crippen LogP) is 2.95. The molecule has 1 N–H and O–H groups in total. The Labute approximate surface area is 163 Å². The summed E-state index contributed by atoms with van der Waals surface area (Å²) in [6.07, 6.45) is 4.79. The van der Waals surface area contributed by atoms with Crippen LogP contribution in [-0.4, -0.2) is 38.6 Å². The van der Waals surface area contributed by atoms with E-state index >= 15 is 0 Å². The van der Waals surface area contributed by atoms with Gasteiger partial charge in [-0.15, -0.1) is 0 Å². The number of esters is 1. The summed E-state index contributed by atoms with van der Waals surface area (Å²) in [5.74, 6) is -0.832. The molecule has 0 saturated heterocycles. The molecule has 144 valence electrons. The zero-order chi connectivity index (χ0) is 19.8. The lowest BCUT2D eigenvalue weighted by Gasteiger charge is -2.22. The zero-order valence-corrected chi connectivity index (χ0v) is 15.7. The van der Waals surface area contributed by atoms with Gasteiger partial charge in [0.25, 0.3) is 0 Å². The molecule has 3 rings (SSSR count). The predicted molar refractivity (Wildman–Crippen MR) is 104 cm³/mol. The molecule has 0 bridgehead atoms. The van der Waals surface area contributed by atoms with Gasteiger partial charge in [-0.1, -0.05) is 36.4 Å². The molecule has 7 heteroatoms. The quantitative estimate of drug-likeness (QED) is 0.481.